The molecule has 0 aromatic rings. The minimum atomic E-state index is -2.79. The van der Waals surface area contributed by atoms with E-state index in [0.29, 0.717) is 13.1 Å². The molecule has 0 atom stereocenters. The van der Waals surface area contributed by atoms with Crippen LogP contribution in [0.25, 0.3) is 0 Å². The van der Waals surface area contributed by atoms with E-state index < -0.39 is 9.84 Å². The van der Waals surface area contributed by atoms with Gasteiger partial charge in [-0.3, -0.25) is 9.89 Å². The first kappa shape index (κ1) is 22.2. The molecule has 0 spiro atoms. The van der Waals surface area contributed by atoms with Crippen molar-refractivity contribution < 1.29 is 8.42 Å². The molecule has 7 heteroatoms. The van der Waals surface area contributed by atoms with Gasteiger partial charge in [-0.2, -0.15) is 0 Å². The van der Waals surface area contributed by atoms with Crippen molar-refractivity contribution in [1.82, 2.24) is 15.5 Å². The summed E-state index contributed by atoms with van der Waals surface area (Å²) in [5.41, 5.74) is 0. The Hall–Kier alpha value is -0.820. The highest BCUT2D eigenvalue weighted by Crippen LogP contribution is 2.09. The number of hydrogen-bond acceptors (Lipinski definition) is 4. The summed E-state index contributed by atoms with van der Waals surface area (Å²) in [5.74, 6) is 2.26. The van der Waals surface area contributed by atoms with Crippen LogP contribution in [-0.2, 0) is 9.84 Å². The lowest BCUT2D eigenvalue weighted by atomic mass is 10.0. The lowest BCUT2D eigenvalue weighted by Gasteiger charge is -2.26. The SMILES string of the molecule is CCNC(=NCCCCCCC(C)C)NCCN1CCS(=O)(=O)CC1. The second-order valence-corrected chi connectivity index (χ2v) is 9.58. The quantitative estimate of drug-likeness (QED) is 0.328. The Labute approximate surface area is 154 Å². The topological polar surface area (TPSA) is 73.8 Å². The molecule has 1 fully saturated rings. The van der Waals surface area contributed by atoms with Crippen molar-refractivity contribution in [3.8, 4) is 0 Å². The van der Waals surface area contributed by atoms with E-state index >= 15 is 0 Å². The van der Waals surface area contributed by atoms with Crippen LogP contribution < -0.4 is 10.6 Å². The van der Waals surface area contributed by atoms with E-state index in [1.807, 2.05) is 0 Å². The number of sulfone groups is 1. The minimum Gasteiger partial charge on any atom is -0.357 e. The molecule has 2 N–H and O–H groups in total. The third kappa shape index (κ3) is 11.4. The summed E-state index contributed by atoms with van der Waals surface area (Å²) in [5, 5.41) is 6.63. The molecule has 1 aliphatic heterocycles. The summed E-state index contributed by atoms with van der Waals surface area (Å²) in [6, 6.07) is 0. The van der Waals surface area contributed by atoms with Crippen LogP contribution in [0.2, 0.25) is 0 Å². The van der Waals surface area contributed by atoms with E-state index in [-0.39, 0.29) is 11.5 Å². The van der Waals surface area contributed by atoms with Gasteiger partial charge in [-0.1, -0.05) is 39.5 Å². The van der Waals surface area contributed by atoms with E-state index in [1.54, 1.807) is 0 Å². The Balaban J connectivity index is 2.16. The van der Waals surface area contributed by atoms with Gasteiger partial charge in [0.2, 0.25) is 0 Å². The smallest absolute Gasteiger partial charge is 0.191 e. The van der Waals surface area contributed by atoms with Gasteiger partial charge in [-0.25, -0.2) is 8.42 Å². The standard InChI is InChI=1S/C18H38N4O2S/c1-4-19-18(20-10-8-6-5-7-9-17(2)3)21-11-12-22-13-15-25(23,24)16-14-22/h17H,4-16H2,1-3H3,(H2,19,20,21). The van der Waals surface area contributed by atoms with Gasteiger partial charge in [0.15, 0.2) is 15.8 Å². The van der Waals surface area contributed by atoms with Gasteiger partial charge in [0.1, 0.15) is 0 Å². The minimum absolute atomic E-state index is 0.290. The fourth-order valence-electron chi connectivity index (χ4n) is 2.86. The van der Waals surface area contributed by atoms with Gasteiger partial charge < -0.3 is 10.6 Å². The molecular formula is C18H38N4O2S. The summed E-state index contributed by atoms with van der Waals surface area (Å²) in [6.45, 7) is 11.3. The fourth-order valence-corrected chi connectivity index (χ4v) is 4.13. The van der Waals surface area contributed by atoms with Crippen molar-refractivity contribution in [2.24, 2.45) is 10.9 Å². The lowest BCUT2D eigenvalue weighted by Crippen LogP contribution is -2.46. The second kappa shape index (κ2) is 12.5. The van der Waals surface area contributed by atoms with Crippen molar-refractivity contribution in [1.29, 1.82) is 0 Å². The number of unbranched alkanes of at least 4 members (excludes halogenated alkanes) is 3. The fraction of sp³-hybridized carbons (Fsp3) is 0.944. The molecule has 0 aromatic heterocycles. The van der Waals surface area contributed by atoms with E-state index in [1.165, 1.54) is 25.7 Å². The summed E-state index contributed by atoms with van der Waals surface area (Å²) < 4.78 is 22.9. The second-order valence-electron chi connectivity index (χ2n) is 7.28. The number of nitrogens with zero attached hydrogens (tertiary/aromatic N) is 2. The van der Waals surface area contributed by atoms with Gasteiger partial charge in [0, 0.05) is 39.3 Å². The average molecular weight is 375 g/mol. The number of nitrogens with one attached hydrogen (secondary N) is 2. The van der Waals surface area contributed by atoms with Gasteiger partial charge in [-0.05, 0) is 19.3 Å². The third-order valence-electron chi connectivity index (χ3n) is 4.46. The zero-order valence-corrected chi connectivity index (χ0v) is 17.2. The molecule has 0 unspecified atom stereocenters. The van der Waals surface area contributed by atoms with Crippen molar-refractivity contribution in [3.05, 3.63) is 0 Å². The van der Waals surface area contributed by atoms with Crippen LogP contribution in [-0.4, -0.2) is 70.1 Å². The Bertz CT molecular complexity index is 463. The number of rotatable bonds is 11. The maximum absolute atomic E-state index is 11.4. The van der Waals surface area contributed by atoms with E-state index in [4.69, 9.17) is 0 Å². The number of guanidine groups is 1. The highest BCUT2D eigenvalue weighted by molar-refractivity contribution is 7.91. The van der Waals surface area contributed by atoms with E-state index in [9.17, 15) is 8.42 Å². The van der Waals surface area contributed by atoms with Crippen LogP contribution in [0.1, 0.15) is 52.9 Å². The number of hydrogen-bond donors (Lipinski definition) is 2. The molecule has 6 nitrogen and oxygen atoms in total. The molecular weight excluding hydrogens is 336 g/mol. The first-order valence-corrected chi connectivity index (χ1v) is 11.7. The molecule has 0 amide bonds. The predicted molar refractivity (Wildman–Crippen MR) is 107 cm³/mol. The Morgan fingerprint density at radius 1 is 1.08 bits per heavy atom. The van der Waals surface area contributed by atoms with Crippen molar-refractivity contribution >= 4 is 15.8 Å². The summed E-state index contributed by atoms with van der Waals surface area (Å²) in [6.07, 6.45) is 6.34. The Kier molecular flexibility index (Phi) is 11.1. The molecule has 0 bridgehead atoms. The molecule has 0 radical (unpaired) electrons. The maximum atomic E-state index is 11.4. The van der Waals surface area contributed by atoms with Gasteiger partial charge in [0.05, 0.1) is 11.5 Å². The van der Waals surface area contributed by atoms with Crippen LogP contribution >= 0.6 is 0 Å². The maximum Gasteiger partial charge on any atom is 0.191 e. The first-order chi connectivity index (χ1) is 11.9. The zero-order chi connectivity index (χ0) is 18.5. The van der Waals surface area contributed by atoms with Crippen LogP contribution in [0.3, 0.4) is 0 Å². The van der Waals surface area contributed by atoms with Gasteiger partial charge >= 0.3 is 0 Å². The van der Waals surface area contributed by atoms with Crippen molar-refractivity contribution in [2.45, 2.75) is 52.9 Å². The molecule has 1 rings (SSSR count). The number of aliphatic imine (C=N–C) groups is 1. The highest BCUT2D eigenvalue weighted by Gasteiger charge is 2.20. The monoisotopic (exact) mass is 374 g/mol. The molecule has 25 heavy (non-hydrogen) atoms. The lowest BCUT2D eigenvalue weighted by molar-refractivity contribution is 0.299. The summed E-state index contributed by atoms with van der Waals surface area (Å²) in [7, 11) is -2.79. The molecule has 0 aromatic carbocycles. The summed E-state index contributed by atoms with van der Waals surface area (Å²) >= 11 is 0. The van der Waals surface area contributed by atoms with Crippen molar-refractivity contribution in [3.63, 3.8) is 0 Å². The van der Waals surface area contributed by atoms with Crippen LogP contribution in [0.5, 0.6) is 0 Å². The van der Waals surface area contributed by atoms with Crippen LogP contribution in [0, 0.1) is 5.92 Å². The first-order valence-electron chi connectivity index (χ1n) is 9.88. The molecule has 0 aliphatic carbocycles. The van der Waals surface area contributed by atoms with Crippen molar-refractivity contribution in [2.75, 3.05) is 50.8 Å². The normalized spacial score (nSPS) is 18.5. The van der Waals surface area contributed by atoms with Gasteiger partial charge in [0.25, 0.3) is 0 Å². The van der Waals surface area contributed by atoms with Crippen LogP contribution in [0.15, 0.2) is 4.99 Å². The van der Waals surface area contributed by atoms with Gasteiger partial charge in [-0.15, -0.1) is 0 Å². The average Bonchev–Trinajstić information content (AvgIpc) is 2.55. The molecule has 148 valence electrons. The molecule has 1 aliphatic rings. The predicted octanol–water partition coefficient (Wildman–Crippen LogP) is 1.88. The van der Waals surface area contributed by atoms with E-state index in [2.05, 4.69) is 41.3 Å². The van der Waals surface area contributed by atoms with Crippen LogP contribution in [0.4, 0.5) is 0 Å². The summed E-state index contributed by atoms with van der Waals surface area (Å²) in [4.78, 5) is 6.83. The highest BCUT2D eigenvalue weighted by atomic mass is 32.2. The third-order valence-corrected chi connectivity index (χ3v) is 6.07. The Morgan fingerprint density at radius 3 is 2.40 bits per heavy atom. The zero-order valence-electron chi connectivity index (χ0n) is 16.4. The largest absolute Gasteiger partial charge is 0.357 e. The Morgan fingerprint density at radius 2 is 1.76 bits per heavy atom. The molecule has 1 saturated heterocycles. The molecule has 0 saturated carbocycles. The van der Waals surface area contributed by atoms with E-state index in [0.717, 1.165) is 44.5 Å². The molecule has 1 heterocycles.